The molecular formula is C30H41F2N3O6. The summed E-state index contributed by atoms with van der Waals surface area (Å²) in [6.45, 7) is 8.19. The topological polar surface area (TPSA) is 130 Å². The number of alkyl halides is 2. The molecule has 1 aromatic rings. The predicted octanol–water partition coefficient (Wildman–Crippen LogP) is 3.03. The van der Waals surface area contributed by atoms with E-state index in [1.807, 2.05) is 0 Å². The molecule has 0 bridgehead atoms. The fourth-order valence-corrected chi connectivity index (χ4v) is 4.70. The van der Waals surface area contributed by atoms with Crippen molar-refractivity contribution in [2.24, 2.45) is 11.8 Å². The van der Waals surface area contributed by atoms with Crippen LogP contribution in [0.3, 0.4) is 0 Å². The minimum atomic E-state index is -4.30. The maximum atomic E-state index is 15.0. The summed E-state index contributed by atoms with van der Waals surface area (Å²) in [5.41, 5.74) is 0.677. The molecule has 0 aromatic heterocycles. The van der Waals surface area contributed by atoms with E-state index >= 15 is 8.78 Å². The van der Waals surface area contributed by atoms with E-state index in [1.165, 1.54) is 18.7 Å². The van der Waals surface area contributed by atoms with Gasteiger partial charge in [0.1, 0.15) is 17.9 Å². The van der Waals surface area contributed by atoms with Gasteiger partial charge in [0.25, 0.3) is 0 Å². The fraction of sp³-hybridized carbons (Fsp3) is 0.600. The SMILES string of the molecule is CCC(=O)CC(=O)N[C@H](C(=O)N1CCCC1C(=O)N[C@H](C(=O)C(F)(F)C(=O)CCc1ccccc1)C(C)C)C(C)C. The van der Waals surface area contributed by atoms with Crippen molar-refractivity contribution in [3.05, 3.63) is 35.9 Å². The van der Waals surface area contributed by atoms with E-state index in [2.05, 4.69) is 10.6 Å². The number of amides is 3. The van der Waals surface area contributed by atoms with Crippen LogP contribution in [-0.2, 0) is 35.2 Å². The van der Waals surface area contributed by atoms with Crippen LogP contribution in [0.1, 0.15) is 72.3 Å². The Morgan fingerprint density at radius 3 is 2.12 bits per heavy atom. The molecule has 1 saturated heterocycles. The molecule has 3 amide bonds. The van der Waals surface area contributed by atoms with Crippen molar-refractivity contribution in [1.29, 1.82) is 0 Å². The van der Waals surface area contributed by atoms with Gasteiger partial charge < -0.3 is 15.5 Å². The van der Waals surface area contributed by atoms with Crippen LogP contribution in [0, 0.1) is 11.8 Å². The molecule has 1 aliphatic heterocycles. The van der Waals surface area contributed by atoms with Gasteiger partial charge in [-0.05, 0) is 36.7 Å². The van der Waals surface area contributed by atoms with Gasteiger partial charge >= 0.3 is 5.92 Å². The van der Waals surface area contributed by atoms with Gasteiger partial charge in [-0.2, -0.15) is 8.78 Å². The molecule has 1 unspecified atom stereocenters. The van der Waals surface area contributed by atoms with Crippen LogP contribution in [0.5, 0.6) is 0 Å². The van der Waals surface area contributed by atoms with Crippen molar-refractivity contribution in [3.63, 3.8) is 0 Å². The first kappa shape index (κ1) is 33.7. The van der Waals surface area contributed by atoms with Gasteiger partial charge in [-0.1, -0.05) is 65.0 Å². The highest BCUT2D eigenvalue weighted by Crippen LogP contribution is 2.25. The number of hydrogen-bond acceptors (Lipinski definition) is 6. The second kappa shape index (κ2) is 14.9. The van der Waals surface area contributed by atoms with Gasteiger partial charge in [-0.3, -0.25) is 28.8 Å². The third-order valence-electron chi connectivity index (χ3n) is 7.23. The van der Waals surface area contributed by atoms with Crippen molar-refractivity contribution in [3.8, 4) is 0 Å². The molecule has 41 heavy (non-hydrogen) atoms. The van der Waals surface area contributed by atoms with Crippen LogP contribution in [0.25, 0.3) is 0 Å². The van der Waals surface area contributed by atoms with Crippen LogP contribution in [0.2, 0.25) is 0 Å². The quantitative estimate of drug-likeness (QED) is 0.308. The van der Waals surface area contributed by atoms with E-state index in [4.69, 9.17) is 0 Å². The minimum absolute atomic E-state index is 0.0422. The van der Waals surface area contributed by atoms with Gasteiger partial charge in [0.05, 0.1) is 12.5 Å². The van der Waals surface area contributed by atoms with Crippen LogP contribution in [0.15, 0.2) is 30.3 Å². The molecule has 1 heterocycles. The molecular weight excluding hydrogens is 536 g/mol. The lowest BCUT2D eigenvalue weighted by Gasteiger charge is -2.32. The Kier molecular flexibility index (Phi) is 12.3. The van der Waals surface area contributed by atoms with Gasteiger partial charge in [0.15, 0.2) is 0 Å². The first-order chi connectivity index (χ1) is 19.2. The summed E-state index contributed by atoms with van der Waals surface area (Å²) < 4.78 is 30.0. The third-order valence-corrected chi connectivity index (χ3v) is 7.23. The molecule has 1 aliphatic rings. The van der Waals surface area contributed by atoms with E-state index in [1.54, 1.807) is 51.1 Å². The molecule has 9 nitrogen and oxygen atoms in total. The highest BCUT2D eigenvalue weighted by Gasteiger charge is 2.51. The zero-order valence-corrected chi connectivity index (χ0v) is 24.4. The van der Waals surface area contributed by atoms with E-state index in [9.17, 15) is 28.8 Å². The van der Waals surface area contributed by atoms with Crippen molar-refractivity contribution in [2.75, 3.05) is 6.54 Å². The Bertz CT molecular complexity index is 1120. The highest BCUT2D eigenvalue weighted by molar-refractivity contribution is 6.11. The number of nitrogens with zero attached hydrogens (tertiary/aromatic N) is 1. The van der Waals surface area contributed by atoms with Crippen LogP contribution >= 0.6 is 0 Å². The molecule has 11 heteroatoms. The molecule has 0 spiro atoms. The molecule has 2 rings (SSSR count). The summed E-state index contributed by atoms with van der Waals surface area (Å²) >= 11 is 0. The molecule has 0 radical (unpaired) electrons. The number of benzene rings is 1. The largest absolute Gasteiger partial charge is 0.364 e. The number of carbonyl (C=O) groups is 6. The van der Waals surface area contributed by atoms with E-state index in [-0.39, 0.29) is 43.9 Å². The fourth-order valence-electron chi connectivity index (χ4n) is 4.70. The summed E-state index contributed by atoms with van der Waals surface area (Å²) in [4.78, 5) is 77.2. The normalized spacial score (nSPS) is 16.8. The number of carbonyl (C=O) groups excluding carboxylic acids is 6. The summed E-state index contributed by atoms with van der Waals surface area (Å²) in [5.74, 6) is -10.9. The molecule has 1 fully saturated rings. The number of rotatable bonds is 15. The number of likely N-dealkylation sites (tertiary alicyclic amines) is 1. The molecule has 1 aromatic carbocycles. The average molecular weight is 578 g/mol. The lowest BCUT2D eigenvalue weighted by molar-refractivity contribution is -0.160. The standard InChI is InChI=1S/C30H41F2N3O6/c1-6-21(36)17-24(38)33-26(19(4)5)29(41)35-16-10-13-22(35)28(40)34-25(18(2)3)27(39)30(31,32)23(37)15-14-20-11-8-7-9-12-20/h7-9,11-12,18-19,22,25-26H,6,10,13-17H2,1-5H3,(H,33,38)(H,34,40)/t22?,25-,26-/m0/s1. The lowest BCUT2D eigenvalue weighted by Crippen LogP contribution is -2.59. The number of ketones is 3. The minimum Gasteiger partial charge on any atom is -0.344 e. The molecule has 3 atom stereocenters. The van der Waals surface area contributed by atoms with Crippen molar-refractivity contribution in [1.82, 2.24) is 15.5 Å². The average Bonchev–Trinajstić information content (AvgIpc) is 3.42. The Morgan fingerprint density at radius 2 is 1.56 bits per heavy atom. The first-order valence-corrected chi connectivity index (χ1v) is 14.1. The number of nitrogens with one attached hydrogen (secondary N) is 2. The zero-order valence-electron chi connectivity index (χ0n) is 24.4. The number of halogens is 2. The van der Waals surface area contributed by atoms with Gasteiger partial charge in [0, 0.05) is 19.4 Å². The molecule has 2 N–H and O–H groups in total. The Balaban J connectivity index is 2.13. The monoisotopic (exact) mass is 577 g/mol. The smallest absolute Gasteiger partial charge is 0.344 e. The number of Topliss-reactive ketones (excluding diaryl/α,β-unsaturated/α-hetero) is 3. The van der Waals surface area contributed by atoms with Gasteiger partial charge in [-0.25, -0.2) is 0 Å². The summed E-state index contributed by atoms with van der Waals surface area (Å²) in [6.07, 6.45) is -0.0105. The second-order valence-corrected chi connectivity index (χ2v) is 11.1. The van der Waals surface area contributed by atoms with Crippen LogP contribution < -0.4 is 10.6 Å². The summed E-state index contributed by atoms with van der Waals surface area (Å²) in [7, 11) is 0. The maximum absolute atomic E-state index is 15.0. The van der Waals surface area contributed by atoms with E-state index < -0.39 is 65.7 Å². The predicted molar refractivity (Wildman–Crippen MR) is 148 cm³/mol. The van der Waals surface area contributed by atoms with Gasteiger partial charge in [-0.15, -0.1) is 0 Å². The summed E-state index contributed by atoms with van der Waals surface area (Å²) in [5, 5.41) is 4.95. The van der Waals surface area contributed by atoms with E-state index in [0.717, 1.165) is 0 Å². The van der Waals surface area contributed by atoms with Crippen LogP contribution in [-0.4, -0.2) is 70.6 Å². The number of hydrogen-bond donors (Lipinski definition) is 2. The van der Waals surface area contributed by atoms with Gasteiger partial charge in [0.2, 0.25) is 29.3 Å². The maximum Gasteiger partial charge on any atom is 0.364 e. The Labute approximate surface area is 239 Å². The second-order valence-electron chi connectivity index (χ2n) is 11.1. The molecule has 0 aliphatic carbocycles. The van der Waals surface area contributed by atoms with Crippen molar-refractivity contribution < 1.29 is 37.5 Å². The zero-order chi connectivity index (χ0) is 30.9. The number of aryl methyl sites for hydroxylation is 1. The van der Waals surface area contributed by atoms with Crippen molar-refractivity contribution >= 4 is 35.1 Å². The van der Waals surface area contributed by atoms with E-state index in [0.29, 0.717) is 12.0 Å². The van der Waals surface area contributed by atoms with Crippen LogP contribution in [0.4, 0.5) is 8.78 Å². The Hall–Kier alpha value is -3.50. The van der Waals surface area contributed by atoms with Crippen molar-refractivity contribution in [2.45, 2.75) is 97.2 Å². The third kappa shape index (κ3) is 8.99. The summed E-state index contributed by atoms with van der Waals surface area (Å²) in [6, 6.07) is 4.87. The molecule has 226 valence electrons. The Morgan fingerprint density at radius 1 is 0.951 bits per heavy atom. The lowest BCUT2D eigenvalue weighted by atomic mass is 9.92. The first-order valence-electron chi connectivity index (χ1n) is 14.1. The molecule has 0 saturated carbocycles. The highest BCUT2D eigenvalue weighted by atomic mass is 19.3.